The fourth-order valence-electron chi connectivity index (χ4n) is 3.80. The Morgan fingerprint density at radius 1 is 1.25 bits per heavy atom. The van der Waals surface area contributed by atoms with Crippen molar-refractivity contribution in [3.63, 3.8) is 0 Å². The molecule has 20 heavy (non-hydrogen) atoms. The normalized spacial score (nSPS) is 30.6. The van der Waals surface area contributed by atoms with Crippen LogP contribution in [0.2, 0.25) is 0 Å². The minimum Gasteiger partial charge on any atom is -0.314 e. The molecule has 2 saturated carbocycles. The Morgan fingerprint density at radius 2 is 2.10 bits per heavy atom. The van der Waals surface area contributed by atoms with E-state index in [0.717, 1.165) is 23.8 Å². The minimum absolute atomic E-state index is 0.845. The predicted molar refractivity (Wildman–Crippen MR) is 82.5 cm³/mol. The van der Waals surface area contributed by atoms with Gasteiger partial charge in [0.05, 0.1) is 6.20 Å². The lowest BCUT2D eigenvalue weighted by molar-refractivity contribution is 0.171. The molecule has 1 aromatic rings. The number of nitrogens with zero attached hydrogens (tertiary/aromatic N) is 2. The molecule has 3 atom stereocenters. The highest BCUT2D eigenvalue weighted by molar-refractivity contribution is 5.06. The lowest BCUT2D eigenvalue weighted by Crippen LogP contribution is -2.35. The van der Waals surface area contributed by atoms with Crippen molar-refractivity contribution in [3.8, 4) is 0 Å². The highest BCUT2D eigenvalue weighted by Gasteiger charge is 2.31. The van der Waals surface area contributed by atoms with Crippen LogP contribution in [0.1, 0.15) is 51.0 Å². The third kappa shape index (κ3) is 3.63. The molecule has 3 unspecified atom stereocenters. The predicted octanol–water partition coefficient (Wildman–Crippen LogP) is 3.16. The Bertz CT molecular complexity index is 422. The van der Waals surface area contributed by atoms with Crippen LogP contribution in [0.4, 0.5) is 0 Å². The smallest absolute Gasteiger partial charge is 0.0521 e. The number of hydrogen-bond donors (Lipinski definition) is 1. The van der Waals surface area contributed by atoms with Gasteiger partial charge in [0.1, 0.15) is 0 Å². The van der Waals surface area contributed by atoms with Gasteiger partial charge in [-0.15, -0.1) is 0 Å². The lowest BCUT2D eigenvalue weighted by atomic mass is 9.71. The highest BCUT2D eigenvalue weighted by Crippen LogP contribution is 2.37. The molecule has 0 bridgehead atoms. The van der Waals surface area contributed by atoms with E-state index in [-0.39, 0.29) is 0 Å². The molecule has 3 nitrogen and oxygen atoms in total. The van der Waals surface area contributed by atoms with Crippen LogP contribution in [-0.2, 0) is 13.5 Å². The van der Waals surface area contributed by atoms with Crippen molar-refractivity contribution in [2.24, 2.45) is 24.8 Å². The summed E-state index contributed by atoms with van der Waals surface area (Å²) in [4.78, 5) is 0. The number of nitrogens with one attached hydrogen (secondary N) is 1. The van der Waals surface area contributed by atoms with E-state index in [4.69, 9.17) is 0 Å². The summed E-state index contributed by atoms with van der Waals surface area (Å²) in [5, 5.41) is 8.09. The van der Waals surface area contributed by atoms with Crippen molar-refractivity contribution in [2.75, 3.05) is 6.54 Å². The zero-order valence-corrected chi connectivity index (χ0v) is 13.0. The Balaban J connectivity index is 1.60. The summed E-state index contributed by atoms with van der Waals surface area (Å²) in [5.41, 5.74) is 1.42. The molecule has 0 saturated heterocycles. The standard InChI is InChI=1S/C17H29N3/c1-3-13-4-5-15(11-18-17-6-7-17)16(8-13)9-14-10-19-20(2)12-14/h10,12-13,15-18H,3-9,11H2,1-2H3. The molecule has 3 heteroatoms. The third-order valence-electron chi connectivity index (χ3n) is 5.33. The summed E-state index contributed by atoms with van der Waals surface area (Å²) in [6.45, 7) is 3.60. The van der Waals surface area contributed by atoms with Gasteiger partial charge in [-0.1, -0.05) is 19.8 Å². The minimum atomic E-state index is 0.845. The number of rotatable bonds is 6. The van der Waals surface area contributed by atoms with Gasteiger partial charge in [0.25, 0.3) is 0 Å². The summed E-state index contributed by atoms with van der Waals surface area (Å²) >= 11 is 0. The van der Waals surface area contributed by atoms with E-state index >= 15 is 0 Å². The average molecular weight is 275 g/mol. The van der Waals surface area contributed by atoms with Gasteiger partial charge in [0, 0.05) is 19.3 Å². The first kappa shape index (κ1) is 14.1. The summed E-state index contributed by atoms with van der Waals surface area (Å²) in [5.74, 6) is 2.68. The Hall–Kier alpha value is -0.830. The van der Waals surface area contributed by atoms with E-state index in [0.29, 0.717) is 0 Å². The second-order valence-corrected chi connectivity index (χ2v) is 7.02. The molecular formula is C17H29N3. The molecular weight excluding hydrogens is 246 g/mol. The van der Waals surface area contributed by atoms with Gasteiger partial charge in [-0.25, -0.2) is 0 Å². The van der Waals surface area contributed by atoms with Crippen LogP contribution in [0.3, 0.4) is 0 Å². The van der Waals surface area contributed by atoms with Crippen LogP contribution in [0.15, 0.2) is 12.4 Å². The molecule has 0 aromatic carbocycles. The molecule has 0 amide bonds. The van der Waals surface area contributed by atoms with Crippen molar-refractivity contribution in [2.45, 2.75) is 57.9 Å². The Labute approximate surface area is 123 Å². The van der Waals surface area contributed by atoms with Crippen LogP contribution in [0, 0.1) is 17.8 Å². The average Bonchev–Trinajstić information content (AvgIpc) is 3.20. The molecule has 0 spiro atoms. The van der Waals surface area contributed by atoms with Crippen LogP contribution in [-0.4, -0.2) is 22.4 Å². The summed E-state index contributed by atoms with van der Waals surface area (Å²) < 4.78 is 1.94. The number of aryl methyl sites for hydroxylation is 1. The van der Waals surface area contributed by atoms with Crippen LogP contribution < -0.4 is 5.32 Å². The van der Waals surface area contributed by atoms with E-state index in [1.807, 2.05) is 11.7 Å². The fraction of sp³-hybridized carbons (Fsp3) is 0.824. The summed E-state index contributed by atoms with van der Waals surface area (Å²) in [6.07, 6.45) is 13.9. The first-order valence-electron chi connectivity index (χ1n) is 8.45. The zero-order valence-electron chi connectivity index (χ0n) is 13.0. The molecule has 1 heterocycles. The first-order chi connectivity index (χ1) is 9.74. The van der Waals surface area contributed by atoms with Crippen molar-refractivity contribution in [1.82, 2.24) is 15.1 Å². The van der Waals surface area contributed by atoms with E-state index in [2.05, 4.69) is 29.7 Å². The van der Waals surface area contributed by atoms with Gasteiger partial charge in [-0.05, 0) is 62.0 Å². The van der Waals surface area contributed by atoms with Crippen molar-refractivity contribution in [3.05, 3.63) is 18.0 Å². The second kappa shape index (κ2) is 6.30. The number of hydrogen-bond acceptors (Lipinski definition) is 2. The van der Waals surface area contributed by atoms with Gasteiger partial charge >= 0.3 is 0 Å². The topological polar surface area (TPSA) is 29.9 Å². The Morgan fingerprint density at radius 3 is 2.75 bits per heavy atom. The molecule has 2 aliphatic rings. The van der Waals surface area contributed by atoms with Crippen LogP contribution >= 0.6 is 0 Å². The maximum Gasteiger partial charge on any atom is 0.0521 e. The quantitative estimate of drug-likeness (QED) is 0.864. The molecule has 2 fully saturated rings. The molecule has 0 radical (unpaired) electrons. The van der Waals surface area contributed by atoms with Gasteiger partial charge in [0.15, 0.2) is 0 Å². The third-order valence-corrected chi connectivity index (χ3v) is 5.33. The van der Waals surface area contributed by atoms with Gasteiger partial charge in [0.2, 0.25) is 0 Å². The molecule has 1 N–H and O–H groups in total. The molecule has 112 valence electrons. The molecule has 3 rings (SSSR count). The SMILES string of the molecule is CCC1CCC(CNC2CC2)C(Cc2cnn(C)c2)C1. The van der Waals surface area contributed by atoms with Gasteiger partial charge in [-0.2, -0.15) is 5.10 Å². The lowest BCUT2D eigenvalue weighted by Gasteiger charge is -2.36. The molecule has 2 aliphatic carbocycles. The van der Waals surface area contributed by atoms with Crippen LogP contribution in [0.25, 0.3) is 0 Å². The maximum atomic E-state index is 4.33. The van der Waals surface area contributed by atoms with E-state index in [1.165, 1.54) is 57.1 Å². The van der Waals surface area contributed by atoms with Gasteiger partial charge in [-0.3, -0.25) is 4.68 Å². The molecule has 1 aromatic heterocycles. The van der Waals surface area contributed by atoms with Gasteiger partial charge < -0.3 is 5.32 Å². The van der Waals surface area contributed by atoms with Crippen molar-refractivity contribution in [1.29, 1.82) is 0 Å². The van der Waals surface area contributed by atoms with E-state index in [9.17, 15) is 0 Å². The molecule has 0 aliphatic heterocycles. The summed E-state index contributed by atoms with van der Waals surface area (Å²) in [6, 6.07) is 0.845. The van der Waals surface area contributed by atoms with E-state index in [1.54, 1.807) is 0 Å². The van der Waals surface area contributed by atoms with Crippen molar-refractivity contribution < 1.29 is 0 Å². The zero-order chi connectivity index (χ0) is 13.9. The highest BCUT2D eigenvalue weighted by atomic mass is 15.2. The monoisotopic (exact) mass is 275 g/mol. The van der Waals surface area contributed by atoms with Crippen molar-refractivity contribution >= 4 is 0 Å². The largest absolute Gasteiger partial charge is 0.314 e. The van der Waals surface area contributed by atoms with Crippen LogP contribution in [0.5, 0.6) is 0 Å². The Kier molecular flexibility index (Phi) is 4.45. The van der Waals surface area contributed by atoms with E-state index < -0.39 is 0 Å². The maximum absolute atomic E-state index is 4.33. The first-order valence-corrected chi connectivity index (χ1v) is 8.45. The second-order valence-electron chi connectivity index (χ2n) is 7.02. The summed E-state index contributed by atoms with van der Waals surface area (Å²) in [7, 11) is 2.02. The number of aromatic nitrogens is 2. The fourth-order valence-corrected chi connectivity index (χ4v) is 3.80.